The lowest BCUT2D eigenvalue weighted by Gasteiger charge is -2.18. The van der Waals surface area contributed by atoms with E-state index in [4.69, 9.17) is 9.47 Å². The standard InChI is InChI=1S/C24H22N2O7/c1-25(23(27)17-9-12-21(26(30)31)22(13-17)32-2)19-10-7-16(8-11-19)14-33-15-18-5-3-4-6-20(18)24(28)29/h3-13H,14-15H2,1-2H3,(H,28,29). The van der Waals surface area contributed by atoms with Crippen LogP contribution in [0.2, 0.25) is 0 Å². The van der Waals surface area contributed by atoms with Crippen molar-refractivity contribution in [3.05, 3.63) is 99.1 Å². The van der Waals surface area contributed by atoms with Gasteiger partial charge in [0.1, 0.15) is 0 Å². The minimum Gasteiger partial charge on any atom is -0.490 e. The highest BCUT2D eigenvalue weighted by Gasteiger charge is 2.20. The Morgan fingerprint density at radius 1 is 1.03 bits per heavy atom. The van der Waals surface area contributed by atoms with Crippen LogP contribution in [0, 0.1) is 10.1 Å². The molecular formula is C24H22N2O7. The number of carboxylic acid groups (broad SMARTS) is 1. The molecule has 3 rings (SSSR count). The van der Waals surface area contributed by atoms with Gasteiger partial charge in [0.25, 0.3) is 5.91 Å². The number of carboxylic acids is 1. The molecule has 0 bridgehead atoms. The third-order valence-electron chi connectivity index (χ3n) is 5.03. The highest BCUT2D eigenvalue weighted by Crippen LogP contribution is 2.28. The number of ether oxygens (including phenoxy) is 2. The first kappa shape index (κ1) is 23.4. The van der Waals surface area contributed by atoms with Crippen LogP contribution in [0.1, 0.15) is 31.8 Å². The average Bonchev–Trinajstić information content (AvgIpc) is 2.83. The van der Waals surface area contributed by atoms with Gasteiger partial charge in [-0.1, -0.05) is 30.3 Å². The van der Waals surface area contributed by atoms with E-state index in [1.807, 2.05) is 0 Å². The first-order chi connectivity index (χ1) is 15.8. The predicted molar refractivity (Wildman–Crippen MR) is 121 cm³/mol. The maximum absolute atomic E-state index is 12.8. The molecule has 0 spiro atoms. The van der Waals surface area contributed by atoms with E-state index >= 15 is 0 Å². The van der Waals surface area contributed by atoms with E-state index in [0.717, 1.165) is 5.56 Å². The van der Waals surface area contributed by atoms with Crippen molar-refractivity contribution in [1.82, 2.24) is 0 Å². The summed E-state index contributed by atoms with van der Waals surface area (Å²) in [7, 11) is 2.91. The molecule has 0 radical (unpaired) electrons. The Kier molecular flexibility index (Phi) is 7.37. The number of nitro benzene ring substituents is 1. The van der Waals surface area contributed by atoms with Crippen molar-refractivity contribution in [2.75, 3.05) is 19.1 Å². The fourth-order valence-corrected chi connectivity index (χ4v) is 3.22. The average molecular weight is 450 g/mol. The van der Waals surface area contributed by atoms with E-state index in [-0.39, 0.29) is 41.7 Å². The van der Waals surface area contributed by atoms with Gasteiger partial charge in [-0.2, -0.15) is 0 Å². The number of carbonyl (C=O) groups is 2. The van der Waals surface area contributed by atoms with E-state index in [2.05, 4.69) is 0 Å². The molecule has 0 fully saturated rings. The summed E-state index contributed by atoms with van der Waals surface area (Å²) in [5.41, 5.74) is 2.31. The van der Waals surface area contributed by atoms with Gasteiger partial charge < -0.3 is 19.5 Å². The normalized spacial score (nSPS) is 10.5. The van der Waals surface area contributed by atoms with E-state index < -0.39 is 10.9 Å². The van der Waals surface area contributed by atoms with Gasteiger partial charge in [0.05, 0.1) is 30.8 Å². The van der Waals surface area contributed by atoms with Crippen molar-refractivity contribution in [2.45, 2.75) is 13.2 Å². The molecule has 9 heteroatoms. The maximum Gasteiger partial charge on any atom is 0.336 e. The lowest BCUT2D eigenvalue weighted by molar-refractivity contribution is -0.385. The van der Waals surface area contributed by atoms with Gasteiger partial charge >= 0.3 is 11.7 Å². The third-order valence-corrected chi connectivity index (χ3v) is 5.03. The van der Waals surface area contributed by atoms with Gasteiger partial charge in [-0.25, -0.2) is 4.79 Å². The van der Waals surface area contributed by atoms with Crippen LogP contribution in [-0.4, -0.2) is 36.1 Å². The second-order valence-corrected chi connectivity index (χ2v) is 7.13. The van der Waals surface area contributed by atoms with Crippen LogP contribution in [0.25, 0.3) is 0 Å². The molecule has 0 heterocycles. The third kappa shape index (κ3) is 5.52. The summed E-state index contributed by atoms with van der Waals surface area (Å²) in [5.74, 6) is -1.34. The molecule has 1 N–H and O–H groups in total. The van der Waals surface area contributed by atoms with E-state index in [1.165, 1.54) is 36.3 Å². The number of aromatic carboxylic acids is 1. The Morgan fingerprint density at radius 3 is 2.36 bits per heavy atom. The zero-order chi connectivity index (χ0) is 24.0. The molecular weight excluding hydrogens is 428 g/mol. The number of nitrogens with zero attached hydrogens (tertiary/aromatic N) is 2. The smallest absolute Gasteiger partial charge is 0.336 e. The topological polar surface area (TPSA) is 119 Å². The van der Waals surface area contributed by atoms with Crippen LogP contribution in [0.4, 0.5) is 11.4 Å². The van der Waals surface area contributed by atoms with Gasteiger partial charge in [0, 0.05) is 30.4 Å². The first-order valence-corrected chi connectivity index (χ1v) is 9.90. The van der Waals surface area contributed by atoms with Crippen LogP contribution in [0.5, 0.6) is 5.75 Å². The molecule has 0 aliphatic carbocycles. The largest absolute Gasteiger partial charge is 0.490 e. The number of rotatable bonds is 9. The van der Waals surface area contributed by atoms with Gasteiger partial charge in [-0.3, -0.25) is 14.9 Å². The molecule has 0 aliphatic rings. The quantitative estimate of drug-likeness (QED) is 0.381. The number of anilines is 1. The molecule has 1 amide bonds. The molecule has 0 saturated heterocycles. The lowest BCUT2D eigenvalue weighted by Crippen LogP contribution is -2.26. The summed E-state index contributed by atoms with van der Waals surface area (Å²) in [6, 6.07) is 17.7. The summed E-state index contributed by atoms with van der Waals surface area (Å²) in [6.45, 7) is 0.427. The Morgan fingerprint density at radius 2 is 1.73 bits per heavy atom. The highest BCUT2D eigenvalue weighted by atomic mass is 16.6. The number of hydrogen-bond acceptors (Lipinski definition) is 6. The molecule has 9 nitrogen and oxygen atoms in total. The molecule has 0 atom stereocenters. The van der Waals surface area contributed by atoms with Crippen molar-refractivity contribution in [1.29, 1.82) is 0 Å². The maximum atomic E-state index is 12.8. The number of benzene rings is 3. The van der Waals surface area contributed by atoms with Crippen LogP contribution < -0.4 is 9.64 Å². The number of amides is 1. The summed E-state index contributed by atoms with van der Waals surface area (Å²) in [5, 5.41) is 20.3. The van der Waals surface area contributed by atoms with Crippen LogP contribution in [0.15, 0.2) is 66.7 Å². The van der Waals surface area contributed by atoms with E-state index in [1.54, 1.807) is 49.5 Å². The zero-order valence-electron chi connectivity index (χ0n) is 18.1. The van der Waals surface area contributed by atoms with Crippen molar-refractivity contribution >= 4 is 23.3 Å². The van der Waals surface area contributed by atoms with Crippen molar-refractivity contribution in [3.63, 3.8) is 0 Å². The number of carbonyl (C=O) groups excluding carboxylic acids is 1. The van der Waals surface area contributed by atoms with Gasteiger partial charge in [-0.15, -0.1) is 0 Å². The Bertz CT molecular complexity index is 1180. The zero-order valence-corrected chi connectivity index (χ0v) is 18.1. The van der Waals surface area contributed by atoms with Gasteiger partial charge in [0.2, 0.25) is 0 Å². The molecule has 0 aliphatic heterocycles. The van der Waals surface area contributed by atoms with Crippen molar-refractivity contribution in [3.8, 4) is 5.75 Å². The minimum absolute atomic E-state index is 0.0104. The Balaban J connectivity index is 1.64. The van der Waals surface area contributed by atoms with E-state index in [0.29, 0.717) is 11.3 Å². The summed E-state index contributed by atoms with van der Waals surface area (Å²) >= 11 is 0. The molecule has 3 aromatic rings. The van der Waals surface area contributed by atoms with Crippen molar-refractivity contribution < 1.29 is 29.1 Å². The first-order valence-electron chi connectivity index (χ1n) is 9.90. The van der Waals surface area contributed by atoms with Crippen LogP contribution in [-0.2, 0) is 18.0 Å². The molecule has 0 aromatic heterocycles. The fraction of sp³-hybridized carbons (Fsp3) is 0.167. The van der Waals surface area contributed by atoms with E-state index in [9.17, 15) is 24.8 Å². The molecule has 170 valence electrons. The minimum atomic E-state index is -1.00. The Hall–Kier alpha value is -4.24. The number of methoxy groups -OCH3 is 1. The monoisotopic (exact) mass is 450 g/mol. The summed E-state index contributed by atoms with van der Waals surface area (Å²) in [4.78, 5) is 36.0. The molecule has 0 saturated carbocycles. The molecule has 3 aromatic carbocycles. The van der Waals surface area contributed by atoms with Crippen LogP contribution >= 0.6 is 0 Å². The van der Waals surface area contributed by atoms with Crippen LogP contribution in [0.3, 0.4) is 0 Å². The highest BCUT2D eigenvalue weighted by molar-refractivity contribution is 6.06. The van der Waals surface area contributed by atoms with Gasteiger partial charge in [-0.05, 0) is 35.4 Å². The molecule has 33 heavy (non-hydrogen) atoms. The number of hydrogen-bond donors (Lipinski definition) is 1. The number of nitro groups is 1. The lowest BCUT2D eigenvalue weighted by atomic mass is 10.1. The second-order valence-electron chi connectivity index (χ2n) is 7.13. The predicted octanol–water partition coefficient (Wildman–Crippen LogP) is 4.30. The van der Waals surface area contributed by atoms with Gasteiger partial charge in [0.15, 0.2) is 5.75 Å². The van der Waals surface area contributed by atoms with Crippen molar-refractivity contribution in [2.24, 2.45) is 0 Å². The second kappa shape index (κ2) is 10.4. The molecule has 0 unspecified atom stereocenters. The summed E-state index contributed by atoms with van der Waals surface area (Å²) in [6.07, 6.45) is 0. The SMILES string of the molecule is COc1cc(C(=O)N(C)c2ccc(COCc3ccccc3C(=O)O)cc2)ccc1[N+](=O)[O-]. The fourth-order valence-electron chi connectivity index (χ4n) is 3.22. The Labute approximate surface area is 189 Å². The summed E-state index contributed by atoms with van der Waals surface area (Å²) < 4.78 is 10.7.